The molecule has 12 heteroatoms. The highest BCUT2D eigenvalue weighted by atomic mass is 32.2. The molecule has 0 saturated heterocycles. The average molecular weight is 387 g/mol. The second kappa shape index (κ2) is 9.46. The first-order valence-electron chi connectivity index (χ1n) is 7.44. The molecule has 1 aromatic carbocycles. The molecule has 0 unspecified atom stereocenters. The van der Waals surface area contributed by atoms with Crippen LogP contribution in [-0.4, -0.2) is 42.8 Å². The highest BCUT2D eigenvalue weighted by molar-refractivity contribution is 7.90. The molecule has 1 aromatic rings. The van der Waals surface area contributed by atoms with Crippen molar-refractivity contribution >= 4 is 33.5 Å². The molecule has 26 heavy (non-hydrogen) atoms. The third kappa shape index (κ3) is 6.84. The Labute approximate surface area is 148 Å². The summed E-state index contributed by atoms with van der Waals surface area (Å²) >= 11 is 0. The van der Waals surface area contributed by atoms with Gasteiger partial charge >= 0.3 is 17.8 Å². The van der Waals surface area contributed by atoms with Crippen molar-refractivity contribution in [2.45, 2.75) is 30.6 Å². The molecule has 0 spiro atoms. The van der Waals surface area contributed by atoms with Crippen molar-refractivity contribution in [2.75, 3.05) is 6.54 Å². The zero-order chi connectivity index (χ0) is 19.7. The van der Waals surface area contributed by atoms with Crippen LogP contribution >= 0.6 is 0 Å². The molecule has 0 radical (unpaired) electrons. The number of rotatable bonds is 9. The minimum atomic E-state index is -4.34. The number of nitrogens with zero attached hydrogens (tertiary/aromatic N) is 1. The van der Waals surface area contributed by atoms with Gasteiger partial charge in [-0.3, -0.25) is 24.5 Å². The Morgan fingerprint density at radius 1 is 1.04 bits per heavy atom. The van der Waals surface area contributed by atoms with Crippen molar-refractivity contribution in [3.63, 3.8) is 0 Å². The van der Waals surface area contributed by atoms with Crippen LogP contribution in [0, 0.1) is 10.1 Å². The second-order valence-corrected chi connectivity index (χ2v) is 6.83. The molecule has 0 bridgehead atoms. The first-order valence-corrected chi connectivity index (χ1v) is 8.93. The van der Waals surface area contributed by atoms with E-state index >= 15 is 0 Å². The minimum Gasteiger partial charge on any atom is -0.481 e. The van der Waals surface area contributed by atoms with Crippen molar-refractivity contribution < 1.29 is 32.8 Å². The molecule has 0 aliphatic carbocycles. The maximum Gasteiger partial charge on any atom is 0.322 e. The van der Waals surface area contributed by atoms with Gasteiger partial charge < -0.3 is 10.4 Å². The van der Waals surface area contributed by atoms with Gasteiger partial charge in [-0.25, -0.2) is 13.1 Å². The second-order valence-electron chi connectivity index (χ2n) is 5.15. The van der Waals surface area contributed by atoms with E-state index in [2.05, 4.69) is 5.32 Å². The van der Waals surface area contributed by atoms with Crippen LogP contribution in [0.15, 0.2) is 29.2 Å². The molecule has 0 heterocycles. The molecular formula is C14H17N3O8S. The van der Waals surface area contributed by atoms with Crippen LogP contribution in [0.4, 0.5) is 5.69 Å². The predicted octanol–water partition coefficient (Wildman–Crippen LogP) is 0.161. The topological polar surface area (TPSA) is 173 Å². The Bertz CT molecular complexity index is 789. The number of nitro benzene ring substituents is 1. The highest BCUT2D eigenvalue weighted by Crippen LogP contribution is 2.15. The summed E-state index contributed by atoms with van der Waals surface area (Å²) in [6.45, 7) is 0.0868. The third-order valence-corrected chi connectivity index (χ3v) is 4.49. The van der Waals surface area contributed by atoms with Crippen LogP contribution in [0.3, 0.4) is 0 Å². The van der Waals surface area contributed by atoms with Crippen molar-refractivity contribution in [1.29, 1.82) is 0 Å². The number of carbonyl (C=O) groups is 3. The summed E-state index contributed by atoms with van der Waals surface area (Å²) in [5.74, 6) is -3.48. The SMILES string of the molecule is O=C(O)CCCCCNC(=O)C(=O)NS(=O)(=O)c1ccc([N+](=O)[O-])cc1. The summed E-state index contributed by atoms with van der Waals surface area (Å²) in [5, 5.41) is 21.2. The largest absolute Gasteiger partial charge is 0.481 e. The molecular weight excluding hydrogens is 370 g/mol. The van der Waals surface area contributed by atoms with Gasteiger partial charge in [-0.05, 0) is 25.0 Å². The number of carboxylic acids is 1. The van der Waals surface area contributed by atoms with Gasteiger partial charge in [-0.15, -0.1) is 0 Å². The summed E-state index contributed by atoms with van der Waals surface area (Å²) in [4.78, 5) is 42.9. The van der Waals surface area contributed by atoms with Crippen LogP contribution in [-0.2, 0) is 24.4 Å². The van der Waals surface area contributed by atoms with Crippen molar-refractivity contribution in [3.05, 3.63) is 34.4 Å². The van der Waals surface area contributed by atoms with Crippen LogP contribution in [0.25, 0.3) is 0 Å². The fourth-order valence-corrected chi connectivity index (χ4v) is 2.78. The molecule has 0 saturated carbocycles. The smallest absolute Gasteiger partial charge is 0.322 e. The fourth-order valence-electron chi connectivity index (χ4n) is 1.83. The number of sulfonamides is 1. The zero-order valence-corrected chi connectivity index (χ0v) is 14.3. The van der Waals surface area contributed by atoms with E-state index in [0.717, 1.165) is 24.3 Å². The summed E-state index contributed by atoms with van der Waals surface area (Å²) < 4.78 is 25.5. The molecule has 0 fully saturated rings. The number of carboxylic acid groups (broad SMARTS) is 1. The number of nitrogens with one attached hydrogen (secondary N) is 2. The molecule has 1 rings (SSSR count). The number of nitro groups is 1. The van der Waals surface area contributed by atoms with Gasteiger partial charge in [0, 0.05) is 25.1 Å². The van der Waals surface area contributed by atoms with Gasteiger partial charge in [0.15, 0.2) is 0 Å². The van der Waals surface area contributed by atoms with Crippen LogP contribution in [0.1, 0.15) is 25.7 Å². The summed E-state index contributed by atoms with van der Waals surface area (Å²) in [7, 11) is -4.34. The Morgan fingerprint density at radius 3 is 2.19 bits per heavy atom. The van der Waals surface area contributed by atoms with Crippen LogP contribution in [0.2, 0.25) is 0 Å². The fraction of sp³-hybridized carbons (Fsp3) is 0.357. The van der Waals surface area contributed by atoms with E-state index < -0.39 is 37.6 Å². The lowest BCUT2D eigenvalue weighted by Gasteiger charge is -2.07. The first-order chi connectivity index (χ1) is 12.1. The van der Waals surface area contributed by atoms with Crippen LogP contribution in [0.5, 0.6) is 0 Å². The van der Waals surface area contributed by atoms with Crippen molar-refractivity contribution in [3.8, 4) is 0 Å². The maximum atomic E-state index is 12.0. The molecule has 142 valence electrons. The number of unbranched alkanes of at least 4 members (excludes halogenated alkanes) is 2. The lowest BCUT2D eigenvalue weighted by atomic mass is 10.2. The Hall–Kier alpha value is -3.02. The summed E-state index contributed by atoms with van der Waals surface area (Å²) in [6, 6.07) is 3.79. The highest BCUT2D eigenvalue weighted by Gasteiger charge is 2.23. The third-order valence-electron chi connectivity index (χ3n) is 3.14. The normalized spacial score (nSPS) is 10.8. The number of non-ortho nitro benzene ring substituents is 1. The molecule has 2 amide bonds. The summed E-state index contributed by atoms with van der Waals surface area (Å²) in [6.07, 6.45) is 1.38. The van der Waals surface area contributed by atoms with Gasteiger partial charge in [0.05, 0.1) is 9.82 Å². The van der Waals surface area contributed by atoms with Gasteiger partial charge in [-0.2, -0.15) is 0 Å². The monoisotopic (exact) mass is 387 g/mol. The number of hydrogen-bond donors (Lipinski definition) is 3. The quantitative estimate of drug-likeness (QED) is 0.232. The van der Waals surface area contributed by atoms with Gasteiger partial charge in [0.1, 0.15) is 0 Å². The van der Waals surface area contributed by atoms with Crippen LogP contribution < -0.4 is 10.0 Å². The zero-order valence-electron chi connectivity index (χ0n) is 13.5. The summed E-state index contributed by atoms with van der Waals surface area (Å²) in [5.41, 5.74) is -0.323. The molecule has 0 aliphatic heterocycles. The molecule has 0 aliphatic rings. The molecule has 11 nitrogen and oxygen atoms in total. The van der Waals surface area contributed by atoms with E-state index in [1.807, 2.05) is 0 Å². The minimum absolute atomic E-state index is 0.00190. The van der Waals surface area contributed by atoms with E-state index in [1.165, 1.54) is 0 Å². The lowest BCUT2D eigenvalue weighted by Crippen LogP contribution is -2.42. The number of hydrogen-bond acceptors (Lipinski definition) is 7. The molecule has 0 atom stereocenters. The van der Waals surface area contributed by atoms with Gasteiger partial charge in [-0.1, -0.05) is 6.42 Å². The number of carbonyl (C=O) groups excluding carboxylic acids is 2. The number of benzene rings is 1. The van der Waals surface area contributed by atoms with E-state index in [9.17, 15) is 32.9 Å². The van der Waals surface area contributed by atoms with Crippen molar-refractivity contribution in [2.24, 2.45) is 0 Å². The standard InChI is InChI=1S/C14H17N3O8S/c18-12(19)4-2-1-3-9-15-13(20)14(21)16-26(24,25)11-7-5-10(6-8-11)17(22)23/h5-8H,1-4,9H2,(H,15,20)(H,16,21)(H,18,19). The number of amides is 2. The molecule has 3 N–H and O–H groups in total. The first kappa shape index (κ1) is 21.0. The van der Waals surface area contributed by atoms with Gasteiger partial charge in [0.25, 0.3) is 15.7 Å². The van der Waals surface area contributed by atoms with E-state index in [4.69, 9.17) is 5.11 Å². The number of aliphatic carboxylic acids is 1. The van der Waals surface area contributed by atoms with E-state index in [-0.39, 0.29) is 18.7 Å². The average Bonchev–Trinajstić information content (AvgIpc) is 2.57. The lowest BCUT2D eigenvalue weighted by molar-refractivity contribution is -0.384. The predicted molar refractivity (Wildman–Crippen MR) is 87.5 cm³/mol. The van der Waals surface area contributed by atoms with E-state index in [0.29, 0.717) is 19.3 Å². The maximum absolute atomic E-state index is 12.0. The Balaban J connectivity index is 2.50. The van der Waals surface area contributed by atoms with Crippen molar-refractivity contribution in [1.82, 2.24) is 10.0 Å². The Kier molecular flexibility index (Phi) is 7.65. The van der Waals surface area contributed by atoms with Gasteiger partial charge in [0.2, 0.25) is 0 Å². The van der Waals surface area contributed by atoms with E-state index in [1.54, 1.807) is 4.72 Å². The Morgan fingerprint density at radius 2 is 1.65 bits per heavy atom. The molecule has 0 aromatic heterocycles.